The van der Waals surface area contributed by atoms with Crippen molar-refractivity contribution >= 4 is 5.91 Å². The molecule has 1 aliphatic heterocycles. The third-order valence-corrected chi connectivity index (χ3v) is 5.02. The second-order valence-corrected chi connectivity index (χ2v) is 7.15. The van der Waals surface area contributed by atoms with Gasteiger partial charge in [-0.15, -0.1) is 0 Å². The van der Waals surface area contributed by atoms with Crippen LogP contribution in [-0.2, 0) is 23.8 Å². The Hall–Kier alpha value is -2.31. The standard InChI is InChI=1S/C20H23F3N2O2/c1-14-11-17(27-24-14)12-19(26)25-10-4-5-15(13-25)8-9-16-6-2-3-7-18(16)20(21,22)23/h2-3,6-7,11,15H,4-5,8-10,12-13H2,1H3/t15-/m0/s1. The number of nitrogens with zero attached hydrogens (tertiary/aromatic N) is 2. The van der Waals surface area contributed by atoms with E-state index in [0.29, 0.717) is 37.3 Å². The summed E-state index contributed by atoms with van der Waals surface area (Å²) < 4.78 is 44.5. The van der Waals surface area contributed by atoms with E-state index in [9.17, 15) is 18.0 Å². The minimum atomic E-state index is -4.33. The SMILES string of the molecule is Cc1cc(CC(=O)N2CCC[C@@H](CCc3ccccc3C(F)(F)F)C2)on1. The molecule has 1 aromatic heterocycles. The lowest BCUT2D eigenvalue weighted by Crippen LogP contribution is -2.40. The Balaban J connectivity index is 1.57. The van der Waals surface area contributed by atoms with Crippen molar-refractivity contribution in [3.8, 4) is 0 Å². The van der Waals surface area contributed by atoms with Gasteiger partial charge < -0.3 is 9.42 Å². The van der Waals surface area contributed by atoms with Gasteiger partial charge in [0.1, 0.15) is 5.76 Å². The van der Waals surface area contributed by atoms with Crippen molar-refractivity contribution in [3.05, 3.63) is 52.9 Å². The van der Waals surface area contributed by atoms with Gasteiger partial charge in [0, 0.05) is 19.2 Å². The van der Waals surface area contributed by atoms with E-state index >= 15 is 0 Å². The number of rotatable bonds is 5. The van der Waals surface area contributed by atoms with Gasteiger partial charge in [0.15, 0.2) is 0 Å². The summed E-state index contributed by atoms with van der Waals surface area (Å²) in [4.78, 5) is 14.3. The summed E-state index contributed by atoms with van der Waals surface area (Å²) in [5, 5.41) is 3.78. The maximum atomic E-state index is 13.1. The highest BCUT2D eigenvalue weighted by molar-refractivity contribution is 5.78. The number of likely N-dealkylation sites (tertiary alicyclic amines) is 1. The molecule has 0 aliphatic carbocycles. The van der Waals surface area contributed by atoms with Crippen LogP contribution in [0.4, 0.5) is 13.2 Å². The van der Waals surface area contributed by atoms with E-state index in [1.165, 1.54) is 6.07 Å². The van der Waals surface area contributed by atoms with Crippen molar-refractivity contribution < 1.29 is 22.5 Å². The van der Waals surface area contributed by atoms with Crippen molar-refractivity contribution in [2.24, 2.45) is 5.92 Å². The molecule has 0 spiro atoms. The molecule has 1 atom stereocenters. The summed E-state index contributed by atoms with van der Waals surface area (Å²) in [5.41, 5.74) is 0.498. The van der Waals surface area contributed by atoms with Gasteiger partial charge in [-0.2, -0.15) is 13.2 Å². The fourth-order valence-electron chi connectivity index (χ4n) is 3.66. The molecule has 0 saturated carbocycles. The molecule has 2 aromatic rings. The molecule has 1 amide bonds. The van der Waals surface area contributed by atoms with Gasteiger partial charge in [-0.1, -0.05) is 23.4 Å². The van der Waals surface area contributed by atoms with E-state index in [0.717, 1.165) is 24.6 Å². The van der Waals surface area contributed by atoms with Crippen molar-refractivity contribution in [2.45, 2.75) is 45.2 Å². The van der Waals surface area contributed by atoms with Gasteiger partial charge in [-0.3, -0.25) is 4.79 Å². The first-order valence-corrected chi connectivity index (χ1v) is 9.18. The Morgan fingerprint density at radius 3 is 2.81 bits per heavy atom. The van der Waals surface area contributed by atoms with Crippen molar-refractivity contribution in [1.29, 1.82) is 0 Å². The number of carbonyl (C=O) groups is 1. The molecule has 3 rings (SSSR count). The Morgan fingerprint density at radius 2 is 2.11 bits per heavy atom. The number of hydrogen-bond donors (Lipinski definition) is 0. The maximum Gasteiger partial charge on any atom is 0.416 e. The average Bonchev–Trinajstić information content (AvgIpc) is 3.04. The molecule has 2 heterocycles. The number of piperidine rings is 1. The summed E-state index contributed by atoms with van der Waals surface area (Å²) in [5.74, 6) is 0.728. The molecule has 0 N–H and O–H groups in total. The lowest BCUT2D eigenvalue weighted by Gasteiger charge is -2.33. The van der Waals surface area contributed by atoms with E-state index in [1.54, 1.807) is 30.0 Å². The predicted octanol–water partition coefficient (Wildman–Crippen LogP) is 4.42. The molecule has 1 aliphatic rings. The molecule has 1 saturated heterocycles. The van der Waals surface area contributed by atoms with Crippen molar-refractivity contribution in [3.63, 3.8) is 0 Å². The molecular formula is C20H23F3N2O2. The largest absolute Gasteiger partial charge is 0.416 e. The number of aryl methyl sites for hydroxylation is 2. The van der Waals surface area contributed by atoms with E-state index < -0.39 is 11.7 Å². The molecular weight excluding hydrogens is 357 g/mol. The Labute approximate surface area is 156 Å². The van der Waals surface area contributed by atoms with Gasteiger partial charge in [0.25, 0.3) is 0 Å². The highest BCUT2D eigenvalue weighted by Crippen LogP contribution is 2.33. The predicted molar refractivity (Wildman–Crippen MR) is 94.0 cm³/mol. The summed E-state index contributed by atoms with van der Waals surface area (Å²) >= 11 is 0. The quantitative estimate of drug-likeness (QED) is 0.772. The van der Waals surface area contributed by atoms with Crippen LogP contribution in [0.5, 0.6) is 0 Å². The zero-order valence-electron chi connectivity index (χ0n) is 15.3. The third-order valence-electron chi connectivity index (χ3n) is 5.02. The average molecular weight is 380 g/mol. The minimum absolute atomic E-state index is 0.0217. The third kappa shape index (κ3) is 5.11. The summed E-state index contributed by atoms with van der Waals surface area (Å²) in [6, 6.07) is 7.47. The fourth-order valence-corrected chi connectivity index (χ4v) is 3.66. The second-order valence-electron chi connectivity index (χ2n) is 7.15. The molecule has 1 fully saturated rings. The van der Waals surface area contributed by atoms with Crippen molar-refractivity contribution in [2.75, 3.05) is 13.1 Å². The number of benzene rings is 1. The number of alkyl halides is 3. The van der Waals surface area contributed by atoms with E-state index in [2.05, 4.69) is 5.16 Å². The molecule has 27 heavy (non-hydrogen) atoms. The lowest BCUT2D eigenvalue weighted by atomic mass is 9.90. The van der Waals surface area contributed by atoms with Crippen LogP contribution < -0.4 is 0 Å². The number of halogens is 3. The zero-order valence-corrected chi connectivity index (χ0v) is 15.3. The Morgan fingerprint density at radius 1 is 1.33 bits per heavy atom. The summed E-state index contributed by atoms with van der Waals surface area (Å²) in [6.45, 7) is 3.06. The van der Waals surface area contributed by atoms with Crippen LogP contribution in [0.3, 0.4) is 0 Å². The van der Waals surface area contributed by atoms with Crippen LogP contribution in [0.15, 0.2) is 34.9 Å². The van der Waals surface area contributed by atoms with Crippen LogP contribution in [0.2, 0.25) is 0 Å². The van der Waals surface area contributed by atoms with Crippen LogP contribution in [-0.4, -0.2) is 29.1 Å². The smallest absolute Gasteiger partial charge is 0.361 e. The first-order chi connectivity index (χ1) is 12.8. The highest BCUT2D eigenvalue weighted by atomic mass is 19.4. The number of hydrogen-bond acceptors (Lipinski definition) is 3. The van der Waals surface area contributed by atoms with E-state index in [-0.39, 0.29) is 18.2 Å². The molecule has 0 unspecified atom stereocenters. The number of aromatic nitrogens is 1. The normalized spacial score (nSPS) is 17.9. The van der Waals surface area contributed by atoms with Gasteiger partial charge in [-0.05, 0) is 50.2 Å². The van der Waals surface area contributed by atoms with Crippen LogP contribution in [0.1, 0.15) is 41.8 Å². The van der Waals surface area contributed by atoms with Crippen LogP contribution in [0.25, 0.3) is 0 Å². The van der Waals surface area contributed by atoms with Gasteiger partial charge in [0.2, 0.25) is 5.91 Å². The number of amides is 1. The monoisotopic (exact) mass is 380 g/mol. The first kappa shape index (κ1) is 19.5. The summed E-state index contributed by atoms with van der Waals surface area (Å²) in [6.07, 6.45) is -1.36. The maximum absolute atomic E-state index is 13.1. The second kappa shape index (κ2) is 8.15. The van der Waals surface area contributed by atoms with Gasteiger partial charge in [0.05, 0.1) is 17.7 Å². The fraction of sp³-hybridized carbons (Fsp3) is 0.500. The van der Waals surface area contributed by atoms with Crippen LogP contribution in [0, 0.1) is 12.8 Å². The molecule has 1 aromatic carbocycles. The van der Waals surface area contributed by atoms with Gasteiger partial charge in [-0.25, -0.2) is 0 Å². The lowest BCUT2D eigenvalue weighted by molar-refractivity contribution is -0.138. The van der Waals surface area contributed by atoms with Crippen molar-refractivity contribution in [1.82, 2.24) is 10.1 Å². The van der Waals surface area contributed by atoms with E-state index in [1.807, 2.05) is 0 Å². The van der Waals surface area contributed by atoms with E-state index in [4.69, 9.17) is 4.52 Å². The number of carbonyl (C=O) groups excluding carboxylic acids is 1. The molecule has 7 heteroatoms. The Bertz CT molecular complexity index is 786. The molecule has 4 nitrogen and oxygen atoms in total. The minimum Gasteiger partial charge on any atom is -0.361 e. The molecule has 0 radical (unpaired) electrons. The van der Waals surface area contributed by atoms with Gasteiger partial charge >= 0.3 is 6.18 Å². The zero-order chi connectivity index (χ0) is 19.4. The molecule has 146 valence electrons. The Kier molecular flexibility index (Phi) is 5.87. The first-order valence-electron chi connectivity index (χ1n) is 9.18. The molecule has 0 bridgehead atoms. The van der Waals surface area contributed by atoms with Crippen LogP contribution >= 0.6 is 0 Å². The summed E-state index contributed by atoms with van der Waals surface area (Å²) in [7, 11) is 0. The highest BCUT2D eigenvalue weighted by Gasteiger charge is 2.33. The topological polar surface area (TPSA) is 46.3 Å².